The van der Waals surface area contributed by atoms with Gasteiger partial charge in [-0.3, -0.25) is 0 Å². The van der Waals surface area contributed by atoms with Gasteiger partial charge >= 0.3 is 5.97 Å². The van der Waals surface area contributed by atoms with E-state index in [4.69, 9.17) is 5.11 Å². The lowest BCUT2D eigenvalue weighted by atomic mass is 10.2. The summed E-state index contributed by atoms with van der Waals surface area (Å²) < 4.78 is 0. The third-order valence-electron chi connectivity index (χ3n) is 2.82. The van der Waals surface area contributed by atoms with E-state index in [0.717, 1.165) is 22.0 Å². The molecule has 2 aromatic heterocycles. The lowest BCUT2D eigenvalue weighted by Crippen LogP contribution is -2.05. The highest BCUT2D eigenvalue weighted by Crippen LogP contribution is 2.39. The number of carboxylic acids is 1. The summed E-state index contributed by atoms with van der Waals surface area (Å²) in [6, 6.07) is 1.63. The van der Waals surface area contributed by atoms with Gasteiger partial charge in [0.05, 0.1) is 10.9 Å². The molecule has 0 aromatic carbocycles. The van der Waals surface area contributed by atoms with Crippen LogP contribution in [0.15, 0.2) is 17.6 Å². The fraction of sp³-hybridized carbons (Fsp3) is 0.333. The van der Waals surface area contributed by atoms with Gasteiger partial charge in [0, 0.05) is 34.4 Å². The molecule has 0 spiro atoms. The highest BCUT2D eigenvalue weighted by molar-refractivity contribution is 8.06. The predicted octanol–water partition coefficient (Wildman–Crippen LogP) is 3.36. The molecule has 1 fully saturated rings. The van der Waals surface area contributed by atoms with Crippen LogP contribution < -0.4 is 0 Å². The third-order valence-corrected chi connectivity index (χ3v) is 6.69. The molecule has 2 aromatic rings. The Morgan fingerprint density at radius 1 is 1.47 bits per heavy atom. The summed E-state index contributed by atoms with van der Waals surface area (Å²) in [7, 11) is 0. The highest BCUT2D eigenvalue weighted by Gasteiger charge is 2.20. The van der Waals surface area contributed by atoms with Gasteiger partial charge in [-0.15, -0.1) is 23.1 Å². The molecule has 0 amide bonds. The largest absolute Gasteiger partial charge is 0.477 e. The molecule has 0 bridgehead atoms. The van der Waals surface area contributed by atoms with Gasteiger partial charge in [0.2, 0.25) is 0 Å². The van der Waals surface area contributed by atoms with Gasteiger partial charge in [0.15, 0.2) is 0 Å². The first-order valence-electron chi connectivity index (χ1n) is 5.81. The van der Waals surface area contributed by atoms with E-state index in [2.05, 4.69) is 9.97 Å². The number of nitrogens with one attached hydrogen (secondary N) is 1. The average molecular weight is 312 g/mol. The number of H-pyrrole nitrogens is 1. The number of aromatic nitrogens is 2. The zero-order valence-electron chi connectivity index (χ0n) is 9.96. The first kappa shape index (κ1) is 13.1. The van der Waals surface area contributed by atoms with Crippen LogP contribution in [0.3, 0.4) is 0 Å². The Hall–Kier alpha value is -0.920. The van der Waals surface area contributed by atoms with Gasteiger partial charge in [-0.1, -0.05) is 0 Å². The molecule has 1 aliphatic heterocycles. The molecule has 3 heterocycles. The number of carboxylic acid groups (broad SMARTS) is 1. The molecule has 0 radical (unpaired) electrons. The van der Waals surface area contributed by atoms with Crippen molar-refractivity contribution in [3.05, 3.63) is 28.3 Å². The van der Waals surface area contributed by atoms with E-state index in [1.807, 2.05) is 28.9 Å². The van der Waals surface area contributed by atoms with Crippen LogP contribution in [0, 0.1) is 0 Å². The molecule has 3 rings (SSSR count). The molecule has 2 N–H and O–H groups in total. The molecule has 100 valence electrons. The maximum atomic E-state index is 10.8. The topological polar surface area (TPSA) is 66.0 Å². The molecule has 1 aliphatic rings. The number of aromatic amines is 1. The van der Waals surface area contributed by atoms with Crippen molar-refractivity contribution in [2.24, 2.45) is 0 Å². The van der Waals surface area contributed by atoms with Crippen LogP contribution in [-0.4, -0.2) is 38.3 Å². The van der Waals surface area contributed by atoms with Crippen LogP contribution in [0.5, 0.6) is 0 Å². The summed E-state index contributed by atoms with van der Waals surface area (Å²) >= 11 is 5.59. The Balaban J connectivity index is 1.81. The maximum Gasteiger partial charge on any atom is 0.352 e. The summed E-state index contributed by atoms with van der Waals surface area (Å²) in [4.78, 5) is 18.2. The molecule has 19 heavy (non-hydrogen) atoms. The zero-order valence-corrected chi connectivity index (χ0v) is 12.4. The quantitative estimate of drug-likeness (QED) is 0.910. The number of hydrogen-bond donors (Lipinski definition) is 2. The molecular formula is C12H12N2O2S3. The van der Waals surface area contributed by atoms with Crippen molar-refractivity contribution in [2.75, 3.05) is 17.3 Å². The molecule has 0 saturated carbocycles. The molecule has 7 heteroatoms. The second-order valence-electron chi connectivity index (χ2n) is 4.11. The summed E-state index contributed by atoms with van der Waals surface area (Å²) in [5.41, 5.74) is 1.90. The average Bonchev–Trinajstić information content (AvgIpc) is 3.09. The summed E-state index contributed by atoms with van der Waals surface area (Å²) in [6.45, 7) is 0. The number of aromatic carboxylic acids is 1. The van der Waals surface area contributed by atoms with E-state index < -0.39 is 5.97 Å². The Morgan fingerprint density at radius 3 is 3.05 bits per heavy atom. The molecule has 4 nitrogen and oxygen atoms in total. The molecule has 1 atom stereocenters. The van der Waals surface area contributed by atoms with Crippen molar-refractivity contribution < 1.29 is 9.90 Å². The summed E-state index contributed by atoms with van der Waals surface area (Å²) in [5.74, 6) is 2.57. The van der Waals surface area contributed by atoms with E-state index in [-0.39, 0.29) is 5.69 Å². The molecule has 1 saturated heterocycles. The van der Waals surface area contributed by atoms with E-state index in [9.17, 15) is 4.79 Å². The molecule has 1 unspecified atom stereocenters. The Kier molecular flexibility index (Phi) is 3.86. The van der Waals surface area contributed by atoms with E-state index in [1.54, 1.807) is 23.6 Å². The number of hydrogen-bond acceptors (Lipinski definition) is 5. The highest BCUT2D eigenvalue weighted by atomic mass is 32.2. The number of thiazole rings is 1. The van der Waals surface area contributed by atoms with Gasteiger partial charge in [-0.05, 0) is 6.07 Å². The van der Waals surface area contributed by atoms with Crippen molar-refractivity contribution >= 4 is 40.8 Å². The fourth-order valence-corrected chi connectivity index (χ4v) is 5.70. The Bertz CT molecular complexity index is 587. The van der Waals surface area contributed by atoms with E-state index in [0.29, 0.717) is 5.25 Å². The maximum absolute atomic E-state index is 10.8. The smallest absolute Gasteiger partial charge is 0.352 e. The van der Waals surface area contributed by atoms with Gasteiger partial charge in [-0.2, -0.15) is 11.8 Å². The minimum Gasteiger partial charge on any atom is -0.477 e. The van der Waals surface area contributed by atoms with Crippen LogP contribution in [0.4, 0.5) is 0 Å². The Morgan fingerprint density at radius 2 is 2.37 bits per heavy atom. The second-order valence-corrected chi connectivity index (χ2v) is 7.46. The second kappa shape index (κ2) is 5.60. The van der Waals surface area contributed by atoms with E-state index >= 15 is 0 Å². The van der Waals surface area contributed by atoms with Crippen molar-refractivity contribution in [3.8, 4) is 11.3 Å². The van der Waals surface area contributed by atoms with Crippen molar-refractivity contribution in [1.29, 1.82) is 0 Å². The van der Waals surface area contributed by atoms with Crippen LogP contribution in [0.1, 0.15) is 20.7 Å². The van der Waals surface area contributed by atoms with Crippen LogP contribution >= 0.6 is 34.9 Å². The first-order valence-corrected chi connectivity index (χ1v) is 8.89. The predicted molar refractivity (Wildman–Crippen MR) is 81.4 cm³/mol. The summed E-state index contributed by atoms with van der Waals surface area (Å²) in [5, 5.41) is 12.5. The van der Waals surface area contributed by atoms with Crippen molar-refractivity contribution in [3.63, 3.8) is 0 Å². The van der Waals surface area contributed by atoms with Gasteiger partial charge < -0.3 is 10.1 Å². The van der Waals surface area contributed by atoms with Gasteiger partial charge in [0.1, 0.15) is 10.7 Å². The zero-order chi connectivity index (χ0) is 13.2. The van der Waals surface area contributed by atoms with Crippen LogP contribution in [-0.2, 0) is 0 Å². The van der Waals surface area contributed by atoms with Crippen LogP contribution in [0.2, 0.25) is 0 Å². The number of carbonyl (C=O) groups is 1. The number of nitrogens with zero attached hydrogens (tertiary/aromatic N) is 1. The lowest BCUT2D eigenvalue weighted by Gasteiger charge is -2.18. The lowest BCUT2D eigenvalue weighted by molar-refractivity contribution is 0.0691. The number of rotatable bonds is 3. The van der Waals surface area contributed by atoms with Crippen molar-refractivity contribution in [1.82, 2.24) is 9.97 Å². The van der Waals surface area contributed by atoms with Gasteiger partial charge in [-0.25, -0.2) is 9.78 Å². The molecular weight excluding hydrogens is 300 g/mol. The van der Waals surface area contributed by atoms with Crippen LogP contribution in [0.25, 0.3) is 11.3 Å². The van der Waals surface area contributed by atoms with Crippen molar-refractivity contribution in [2.45, 2.75) is 5.25 Å². The minimum atomic E-state index is -0.944. The first-order chi connectivity index (χ1) is 9.24. The third kappa shape index (κ3) is 2.82. The standard InChI is InChI=1S/C12H12N2O2S3/c15-12(16)8-3-7(4-13-8)9-5-19-11(14-9)10-6-17-1-2-18-10/h3-5,10,13H,1-2,6H2,(H,15,16). The van der Waals surface area contributed by atoms with Gasteiger partial charge in [0.25, 0.3) is 0 Å². The van der Waals surface area contributed by atoms with E-state index in [1.165, 1.54) is 11.5 Å². The Labute approximate surface area is 123 Å². The SMILES string of the molecule is O=C(O)c1cc(-c2csc(C3CSCCS3)n2)c[nH]1. The monoisotopic (exact) mass is 312 g/mol. The summed E-state index contributed by atoms with van der Waals surface area (Å²) in [6.07, 6.45) is 1.70. The minimum absolute atomic E-state index is 0.201. The fourth-order valence-electron chi connectivity index (χ4n) is 1.86. The number of thioether (sulfide) groups is 2. The normalized spacial score (nSPS) is 19.5. The molecule has 0 aliphatic carbocycles.